The van der Waals surface area contributed by atoms with Crippen molar-refractivity contribution in [1.29, 1.82) is 0 Å². The van der Waals surface area contributed by atoms with Crippen LogP contribution in [0.4, 0.5) is 0 Å². The molecule has 2 aromatic rings. The fraction of sp³-hybridized carbons (Fsp3) is 0.412. The summed E-state index contributed by atoms with van der Waals surface area (Å²) in [7, 11) is 3.48. The maximum atomic E-state index is 6.10. The Labute approximate surface area is 147 Å². The zero-order valence-corrected chi connectivity index (χ0v) is 14.9. The summed E-state index contributed by atoms with van der Waals surface area (Å²) in [5.41, 5.74) is 2.78. The van der Waals surface area contributed by atoms with E-state index in [9.17, 15) is 0 Å². The van der Waals surface area contributed by atoms with Crippen molar-refractivity contribution in [2.45, 2.75) is 13.3 Å². The van der Waals surface area contributed by atoms with Crippen molar-refractivity contribution in [2.24, 2.45) is 12.2 Å². The van der Waals surface area contributed by atoms with Gasteiger partial charge in [-0.15, -0.1) is 0 Å². The molecule has 0 N–H and O–H groups in total. The van der Waals surface area contributed by atoms with Gasteiger partial charge in [0.1, 0.15) is 17.5 Å². The van der Waals surface area contributed by atoms with Crippen molar-refractivity contribution in [3.05, 3.63) is 46.2 Å². The molecule has 0 aliphatic heterocycles. The molecule has 0 aliphatic carbocycles. The van der Waals surface area contributed by atoms with Gasteiger partial charge in [-0.1, -0.05) is 28.9 Å². The molecule has 0 bridgehead atoms. The monoisotopic (exact) mass is 351 g/mol. The number of aryl methyl sites for hydroxylation is 2. The Bertz CT molecular complexity index is 668. The lowest BCUT2D eigenvalue weighted by atomic mass is 10.1. The first-order valence-corrected chi connectivity index (χ1v) is 8.04. The van der Waals surface area contributed by atoms with Gasteiger partial charge in [-0.2, -0.15) is 5.10 Å². The Morgan fingerprint density at radius 1 is 1.21 bits per heavy atom. The van der Waals surface area contributed by atoms with E-state index < -0.39 is 0 Å². The van der Waals surface area contributed by atoms with Crippen LogP contribution in [0.3, 0.4) is 0 Å². The lowest BCUT2D eigenvalue weighted by Crippen LogP contribution is -2.04. The topological polar surface area (TPSA) is 57.9 Å². The Morgan fingerprint density at radius 2 is 1.96 bits per heavy atom. The van der Waals surface area contributed by atoms with E-state index in [1.807, 2.05) is 31.2 Å². The number of oxime groups is 1. The van der Waals surface area contributed by atoms with Crippen molar-refractivity contribution in [3.8, 4) is 5.75 Å². The minimum absolute atomic E-state index is 0.346. The van der Waals surface area contributed by atoms with Crippen molar-refractivity contribution < 1.29 is 14.3 Å². The van der Waals surface area contributed by atoms with Gasteiger partial charge in [-0.05, 0) is 31.0 Å². The van der Waals surface area contributed by atoms with Crippen molar-refractivity contribution >= 4 is 17.8 Å². The average Bonchev–Trinajstić information content (AvgIpc) is 2.83. The van der Waals surface area contributed by atoms with Gasteiger partial charge in [0.15, 0.2) is 6.61 Å². The highest BCUT2D eigenvalue weighted by molar-refractivity contribution is 6.32. The van der Waals surface area contributed by atoms with Gasteiger partial charge in [0.25, 0.3) is 0 Å². The van der Waals surface area contributed by atoms with E-state index in [-0.39, 0.29) is 0 Å². The minimum Gasteiger partial charge on any atom is -0.490 e. The van der Waals surface area contributed by atoms with Gasteiger partial charge in [-0.25, -0.2) is 0 Å². The zero-order valence-electron chi connectivity index (χ0n) is 14.2. The van der Waals surface area contributed by atoms with Crippen LogP contribution in [0, 0.1) is 6.92 Å². The Morgan fingerprint density at radius 3 is 2.58 bits per heavy atom. The smallest absolute Gasteiger partial charge is 0.151 e. The number of ether oxygens (including phenoxy) is 2. The number of rotatable bonds is 9. The molecule has 6 nitrogen and oxygen atoms in total. The number of methoxy groups -OCH3 is 1. The summed E-state index contributed by atoms with van der Waals surface area (Å²) < 4.78 is 12.2. The summed E-state index contributed by atoms with van der Waals surface area (Å²) in [4.78, 5) is 5.19. The summed E-state index contributed by atoms with van der Waals surface area (Å²) in [6, 6.07) is 7.93. The van der Waals surface area contributed by atoms with Gasteiger partial charge >= 0.3 is 0 Å². The zero-order chi connectivity index (χ0) is 17.4. The number of nitrogens with zero attached hydrogens (tertiary/aromatic N) is 3. The van der Waals surface area contributed by atoms with E-state index in [1.165, 1.54) is 5.56 Å². The molecule has 130 valence electrons. The second-order valence-electron chi connectivity index (χ2n) is 5.22. The van der Waals surface area contributed by atoms with E-state index in [0.29, 0.717) is 25.0 Å². The van der Waals surface area contributed by atoms with Crippen molar-refractivity contribution in [2.75, 3.05) is 26.9 Å². The van der Waals surface area contributed by atoms with Crippen LogP contribution in [0.5, 0.6) is 5.75 Å². The van der Waals surface area contributed by atoms with E-state index in [4.69, 9.17) is 25.9 Å². The van der Waals surface area contributed by atoms with Gasteiger partial charge in [0.05, 0.1) is 24.1 Å². The van der Waals surface area contributed by atoms with Crippen LogP contribution < -0.4 is 4.74 Å². The third-order valence-corrected chi connectivity index (χ3v) is 3.86. The number of benzene rings is 1. The van der Waals surface area contributed by atoms with Crippen LogP contribution in [0.25, 0.3) is 0 Å². The molecule has 0 radical (unpaired) electrons. The number of hydrogen-bond acceptors (Lipinski definition) is 5. The van der Waals surface area contributed by atoms with Gasteiger partial charge < -0.3 is 14.3 Å². The molecular weight excluding hydrogens is 330 g/mol. The lowest BCUT2D eigenvalue weighted by Gasteiger charge is -2.06. The maximum absolute atomic E-state index is 6.10. The van der Waals surface area contributed by atoms with Crippen LogP contribution in [0.2, 0.25) is 5.15 Å². The third kappa shape index (κ3) is 5.25. The number of hydrogen-bond donors (Lipinski definition) is 0. The summed E-state index contributed by atoms with van der Waals surface area (Å²) in [5, 5.41) is 8.63. The maximum Gasteiger partial charge on any atom is 0.151 e. The molecule has 24 heavy (non-hydrogen) atoms. The molecular formula is C17H22ClN3O3. The van der Waals surface area contributed by atoms with Crippen LogP contribution in [-0.4, -0.2) is 42.9 Å². The van der Waals surface area contributed by atoms with Crippen molar-refractivity contribution in [3.63, 3.8) is 0 Å². The Hall–Kier alpha value is -2.05. The Balaban J connectivity index is 1.70. The normalized spacial score (nSPS) is 11.2. The molecule has 1 heterocycles. The van der Waals surface area contributed by atoms with Crippen molar-refractivity contribution in [1.82, 2.24) is 9.78 Å². The largest absolute Gasteiger partial charge is 0.490 e. The first kappa shape index (κ1) is 18.3. The molecule has 1 aromatic carbocycles. The average molecular weight is 352 g/mol. The third-order valence-electron chi connectivity index (χ3n) is 3.41. The second kappa shape index (κ2) is 9.30. The first-order valence-electron chi connectivity index (χ1n) is 7.67. The summed E-state index contributed by atoms with van der Waals surface area (Å²) in [6.07, 6.45) is 2.46. The van der Waals surface area contributed by atoms with Crippen LogP contribution in [0.1, 0.15) is 16.8 Å². The van der Waals surface area contributed by atoms with E-state index >= 15 is 0 Å². The van der Waals surface area contributed by atoms with Gasteiger partial charge in [0.2, 0.25) is 0 Å². The highest BCUT2D eigenvalue weighted by Crippen LogP contribution is 2.16. The molecule has 0 atom stereocenters. The predicted octanol–water partition coefficient (Wildman–Crippen LogP) is 3.00. The molecule has 0 unspecified atom stereocenters. The van der Waals surface area contributed by atoms with Gasteiger partial charge in [0, 0.05) is 14.2 Å². The molecule has 0 spiro atoms. The molecule has 0 saturated carbocycles. The fourth-order valence-electron chi connectivity index (χ4n) is 2.10. The molecule has 0 fully saturated rings. The number of halogens is 1. The SMILES string of the molecule is COCCc1ccc(OCCON=Cc2c(C)nn(C)c2Cl)cc1. The van der Waals surface area contributed by atoms with Crippen LogP contribution >= 0.6 is 11.6 Å². The highest BCUT2D eigenvalue weighted by atomic mass is 35.5. The summed E-state index contributed by atoms with van der Waals surface area (Å²) >= 11 is 6.10. The predicted molar refractivity (Wildman–Crippen MR) is 94.0 cm³/mol. The molecule has 0 aliphatic rings. The molecule has 0 amide bonds. The van der Waals surface area contributed by atoms with E-state index in [0.717, 1.165) is 23.4 Å². The van der Waals surface area contributed by atoms with Crippen LogP contribution in [-0.2, 0) is 23.0 Å². The Kier molecular flexibility index (Phi) is 7.08. The summed E-state index contributed by atoms with van der Waals surface area (Å²) in [6.45, 7) is 3.34. The standard InChI is InChI=1S/C17H22ClN3O3/c1-13-16(17(18)21(2)20-13)12-19-24-11-10-23-15-6-4-14(5-7-15)8-9-22-3/h4-7,12H,8-11H2,1-3H3. The first-order chi connectivity index (χ1) is 11.6. The second-order valence-corrected chi connectivity index (χ2v) is 5.57. The van der Waals surface area contributed by atoms with E-state index in [1.54, 1.807) is 25.1 Å². The lowest BCUT2D eigenvalue weighted by molar-refractivity contribution is 0.108. The molecule has 1 aromatic heterocycles. The van der Waals surface area contributed by atoms with E-state index in [2.05, 4.69) is 10.3 Å². The quantitative estimate of drug-likeness (QED) is 0.396. The van der Waals surface area contributed by atoms with Gasteiger partial charge in [-0.3, -0.25) is 4.68 Å². The molecule has 0 saturated heterocycles. The minimum atomic E-state index is 0.346. The number of aromatic nitrogens is 2. The highest BCUT2D eigenvalue weighted by Gasteiger charge is 2.08. The molecule has 7 heteroatoms. The summed E-state index contributed by atoms with van der Waals surface area (Å²) in [5.74, 6) is 0.801. The molecule has 2 rings (SSSR count). The van der Waals surface area contributed by atoms with Crippen LogP contribution in [0.15, 0.2) is 29.4 Å². The fourth-order valence-corrected chi connectivity index (χ4v) is 2.33.